The van der Waals surface area contributed by atoms with Gasteiger partial charge in [0.25, 0.3) is 0 Å². The van der Waals surface area contributed by atoms with Crippen LogP contribution in [0.3, 0.4) is 0 Å². The van der Waals surface area contributed by atoms with Gasteiger partial charge in [-0.3, -0.25) is 9.63 Å². The van der Waals surface area contributed by atoms with E-state index in [-0.39, 0.29) is 16.8 Å². The summed E-state index contributed by atoms with van der Waals surface area (Å²) in [4.78, 5) is 18.9. The molecule has 6 nitrogen and oxygen atoms in total. The molecule has 0 aliphatic carbocycles. The first kappa shape index (κ1) is 13.7. The number of nitrogens with zero attached hydrogens (tertiary/aromatic N) is 3. The third kappa shape index (κ3) is 3.41. The smallest absolute Gasteiger partial charge is 0.304 e. The van der Waals surface area contributed by atoms with Gasteiger partial charge in [0.2, 0.25) is 0 Å². The lowest BCUT2D eigenvalue weighted by atomic mass is 10.1. The van der Waals surface area contributed by atoms with Crippen molar-refractivity contribution in [3.05, 3.63) is 0 Å². The predicted octanol–water partition coefficient (Wildman–Crippen LogP) is -0.0105. The molecule has 103 valence electrons. The van der Waals surface area contributed by atoms with E-state index in [0.717, 1.165) is 32.4 Å². The molecule has 0 saturated carbocycles. The summed E-state index contributed by atoms with van der Waals surface area (Å²) < 4.78 is 0.0524. The zero-order valence-corrected chi connectivity index (χ0v) is 11.2. The molecule has 1 unspecified atom stereocenters. The summed E-state index contributed by atoms with van der Waals surface area (Å²) >= 11 is 0. The van der Waals surface area contributed by atoms with Crippen molar-refractivity contribution in [3.63, 3.8) is 0 Å². The van der Waals surface area contributed by atoms with E-state index in [1.807, 2.05) is 13.5 Å². The molecule has 1 radical (unpaired) electrons. The van der Waals surface area contributed by atoms with E-state index >= 15 is 0 Å². The summed E-state index contributed by atoms with van der Waals surface area (Å²) in [6, 6.07) is 0.115. The van der Waals surface area contributed by atoms with Gasteiger partial charge in [-0.15, -0.1) is 0 Å². The van der Waals surface area contributed by atoms with Crippen LogP contribution in [-0.2, 0) is 9.63 Å². The minimum Gasteiger partial charge on any atom is -0.304 e. The second-order valence-electron chi connectivity index (χ2n) is 5.71. The van der Waals surface area contributed by atoms with Crippen molar-refractivity contribution in [3.8, 4) is 0 Å². The summed E-state index contributed by atoms with van der Waals surface area (Å²) in [5.41, 5.74) is 0. The van der Waals surface area contributed by atoms with Crippen molar-refractivity contribution in [1.29, 1.82) is 0 Å². The third-order valence-corrected chi connectivity index (χ3v) is 3.92. The summed E-state index contributed by atoms with van der Waals surface area (Å²) in [5.74, 6) is 0. The van der Waals surface area contributed by atoms with Crippen LogP contribution in [-0.4, -0.2) is 78.6 Å². The Morgan fingerprint density at radius 1 is 1.39 bits per heavy atom. The Balaban J connectivity index is 1.82. The lowest BCUT2D eigenvalue weighted by molar-refractivity contribution is -1.09. The van der Waals surface area contributed by atoms with Gasteiger partial charge in [0.05, 0.1) is 19.2 Å². The van der Waals surface area contributed by atoms with E-state index in [2.05, 4.69) is 4.90 Å². The third-order valence-electron chi connectivity index (χ3n) is 3.92. The highest BCUT2D eigenvalue weighted by Gasteiger charge is 2.33. The van der Waals surface area contributed by atoms with Gasteiger partial charge in [-0.05, 0) is 13.5 Å². The largest absolute Gasteiger partial charge is 0.338 e. The molecular formula is C12H23N3O3+. The molecular weight excluding hydrogens is 234 g/mol. The number of likely N-dealkylation sites (tertiary alicyclic amines) is 2. The molecule has 18 heavy (non-hydrogen) atoms. The molecule has 2 fully saturated rings. The van der Waals surface area contributed by atoms with Gasteiger partial charge in [0, 0.05) is 25.9 Å². The Morgan fingerprint density at radius 2 is 2.06 bits per heavy atom. The van der Waals surface area contributed by atoms with E-state index in [9.17, 15) is 10.0 Å². The molecule has 2 aliphatic rings. The van der Waals surface area contributed by atoms with Crippen molar-refractivity contribution in [2.75, 3.05) is 40.3 Å². The zero-order chi connectivity index (χ0) is 13.2. The molecule has 1 N–H and O–H groups in total. The summed E-state index contributed by atoms with van der Waals surface area (Å²) in [5, 5.41) is 11.2. The number of rotatable bonds is 4. The average molecular weight is 257 g/mol. The van der Waals surface area contributed by atoms with Crippen molar-refractivity contribution < 1.29 is 19.5 Å². The second kappa shape index (κ2) is 5.52. The molecule has 0 aromatic rings. The summed E-state index contributed by atoms with van der Waals surface area (Å²) in [7, 11) is 3.84. The van der Waals surface area contributed by atoms with Gasteiger partial charge in [0.1, 0.15) is 13.1 Å². The Morgan fingerprint density at radius 3 is 2.56 bits per heavy atom. The maximum atomic E-state index is 11.0. The van der Waals surface area contributed by atoms with Gasteiger partial charge in [-0.25, -0.2) is 10.3 Å². The lowest BCUT2D eigenvalue weighted by Gasteiger charge is -2.35. The number of quaternary nitrogens is 1. The Kier molecular flexibility index (Phi) is 4.21. The first-order chi connectivity index (χ1) is 8.50. The fraction of sp³-hybridized carbons (Fsp3) is 0.917. The number of amides is 1. The second-order valence-corrected chi connectivity index (χ2v) is 5.71. The van der Waals surface area contributed by atoms with Crippen LogP contribution in [0.15, 0.2) is 0 Å². The van der Waals surface area contributed by atoms with Crippen molar-refractivity contribution >= 4 is 6.41 Å². The van der Waals surface area contributed by atoms with E-state index in [1.54, 1.807) is 7.05 Å². The lowest BCUT2D eigenvalue weighted by Crippen LogP contribution is -2.50. The summed E-state index contributed by atoms with van der Waals surface area (Å²) in [6.07, 6.45) is 4.40. The van der Waals surface area contributed by atoms with Gasteiger partial charge < -0.3 is 4.90 Å². The number of hydroxylamine groups is 5. The van der Waals surface area contributed by atoms with Crippen LogP contribution in [0.5, 0.6) is 0 Å². The normalized spacial score (nSPS) is 37.7. The van der Waals surface area contributed by atoms with Crippen LogP contribution in [0, 0.1) is 0 Å². The van der Waals surface area contributed by atoms with Crippen molar-refractivity contribution in [2.45, 2.75) is 31.4 Å². The van der Waals surface area contributed by atoms with Crippen molar-refractivity contribution in [1.82, 2.24) is 9.96 Å². The van der Waals surface area contributed by atoms with Gasteiger partial charge in [-0.2, -0.15) is 4.65 Å². The van der Waals surface area contributed by atoms with Crippen LogP contribution in [0.2, 0.25) is 0 Å². The summed E-state index contributed by atoms with van der Waals surface area (Å²) in [6.45, 7) is 3.17. The first-order valence-corrected chi connectivity index (χ1v) is 6.60. The van der Waals surface area contributed by atoms with E-state index < -0.39 is 0 Å². The van der Waals surface area contributed by atoms with Crippen molar-refractivity contribution in [2.24, 2.45) is 0 Å². The Hall–Kier alpha value is -0.690. The quantitative estimate of drug-likeness (QED) is 0.437. The minimum atomic E-state index is 0.0238. The van der Waals surface area contributed by atoms with Gasteiger partial charge in [0.15, 0.2) is 0 Å². The van der Waals surface area contributed by atoms with E-state index in [0.29, 0.717) is 13.1 Å². The highest BCUT2D eigenvalue weighted by Crippen LogP contribution is 2.20. The number of hydrogen-bond donors (Lipinski definition) is 1. The standard InChI is InChI=1S/C12H23N3O3/c1-13-6-3-11(9-13)14(10-16)18-12-4-7-15(2,17)8-5-12/h11-12,17H,3-9H2,1-2H3/q+1. The fourth-order valence-electron chi connectivity index (χ4n) is 2.65. The molecule has 0 bridgehead atoms. The van der Waals surface area contributed by atoms with Crippen LogP contribution < -0.4 is 0 Å². The van der Waals surface area contributed by atoms with Crippen LogP contribution >= 0.6 is 0 Å². The van der Waals surface area contributed by atoms with Crippen LogP contribution in [0.25, 0.3) is 0 Å². The first-order valence-electron chi connectivity index (χ1n) is 6.60. The number of hydrogen-bond acceptors (Lipinski definition) is 4. The van der Waals surface area contributed by atoms with E-state index in [1.165, 1.54) is 5.06 Å². The predicted molar refractivity (Wildman–Crippen MR) is 65.2 cm³/mol. The number of carbonyl (C=O) groups excluding carboxylic acids is 1. The molecule has 6 heteroatoms. The Bertz CT molecular complexity index is 288. The molecule has 0 aromatic carbocycles. The topological polar surface area (TPSA) is 53.0 Å². The average Bonchev–Trinajstić information content (AvgIpc) is 2.74. The van der Waals surface area contributed by atoms with Crippen LogP contribution in [0.1, 0.15) is 19.3 Å². The maximum absolute atomic E-state index is 11.0. The monoisotopic (exact) mass is 257 g/mol. The highest BCUT2D eigenvalue weighted by atomic mass is 16.7. The molecule has 2 rings (SSSR count). The zero-order valence-electron chi connectivity index (χ0n) is 11.2. The molecule has 1 atom stereocenters. The molecule has 2 heterocycles. The molecule has 0 spiro atoms. The SMILES string of the molecule is CN1CCC(N([C]=O)OC2CC[N+](C)(O)CC2)C1. The molecule has 2 aliphatic heterocycles. The maximum Gasteiger partial charge on any atom is 0.338 e. The molecule has 2 saturated heterocycles. The fourth-order valence-corrected chi connectivity index (χ4v) is 2.65. The van der Waals surface area contributed by atoms with Gasteiger partial charge in [-0.1, -0.05) is 0 Å². The molecule has 1 amide bonds. The number of piperidine rings is 1. The molecule has 0 aromatic heterocycles. The van der Waals surface area contributed by atoms with E-state index in [4.69, 9.17) is 4.84 Å². The van der Waals surface area contributed by atoms with Gasteiger partial charge >= 0.3 is 6.41 Å². The Labute approximate surface area is 108 Å². The highest BCUT2D eigenvalue weighted by molar-refractivity contribution is 5.47. The number of likely N-dealkylation sites (N-methyl/N-ethyl adjacent to an activating group) is 1. The minimum absolute atomic E-state index is 0.0238. The van der Waals surface area contributed by atoms with Crippen LogP contribution in [0.4, 0.5) is 0 Å².